The number of thiazole rings is 1. The van der Waals surface area contributed by atoms with Gasteiger partial charge in [-0.25, -0.2) is 9.78 Å². The highest BCUT2D eigenvalue weighted by atomic mass is 32.1. The van der Waals surface area contributed by atoms with Gasteiger partial charge in [0.25, 0.3) is 0 Å². The van der Waals surface area contributed by atoms with E-state index in [0.29, 0.717) is 5.69 Å². The summed E-state index contributed by atoms with van der Waals surface area (Å²) >= 11 is 1.59. The Hall–Kier alpha value is -1.62. The lowest BCUT2D eigenvalue weighted by Gasteiger charge is -2.05. The lowest BCUT2D eigenvalue weighted by atomic mass is 10.2. The number of ether oxygens (including phenoxy) is 1. The number of hydrogen-bond acceptors (Lipinski definition) is 4. The van der Waals surface area contributed by atoms with Gasteiger partial charge in [-0.1, -0.05) is 0 Å². The van der Waals surface area contributed by atoms with E-state index in [1.54, 1.807) is 23.6 Å². The number of esters is 1. The van der Waals surface area contributed by atoms with Crippen molar-refractivity contribution in [3.63, 3.8) is 0 Å². The number of carbonyl (C=O) groups excluding carboxylic acids is 1. The van der Waals surface area contributed by atoms with Crippen molar-refractivity contribution in [2.24, 2.45) is 0 Å². The van der Waals surface area contributed by atoms with Crippen molar-refractivity contribution in [3.05, 3.63) is 28.3 Å². The number of rotatable bonds is 3. The van der Waals surface area contributed by atoms with E-state index in [9.17, 15) is 4.79 Å². The fourth-order valence-corrected chi connectivity index (χ4v) is 2.06. The van der Waals surface area contributed by atoms with Crippen LogP contribution in [0.5, 0.6) is 0 Å². The molecule has 0 aliphatic carbocycles. The van der Waals surface area contributed by atoms with Crippen molar-refractivity contribution in [2.45, 2.75) is 26.9 Å². The zero-order chi connectivity index (χ0) is 12.4. The van der Waals surface area contributed by atoms with Crippen LogP contribution in [0.2, 0.25) is 0 Å². The summed E-state index contributed by atoms with van der Waals surface area (Å²) in [5, 5.41) is 2.98. The summed E-state index contributed by atoms with van der Waals surface area (Å²) in [5.41, 5.74) is 2.25. The van der Waals surface area contributed by atoms with Crippen molar-refractivity contribution in [3.8, 4) is 11.3 Å². The number of aromatic nitrogens is 2. The average Bonchev–Trinajstić information content (AvgIpc) is 2.84. The molecule has 4 nitrogen and oxygen atoms in total. The van der Waals surface area contributed by atoms with E-state index in [2.05, 4.69) is 9.97 Å². The Morgan fingerprint density at radius 3 is 2.88 bits per heavy atom. The van der Waals surface area contributed by atoms with Gasteiger partial charge in [-0.3, -0.25) is 0 Å². The van der Waals surface area contributed by atoms with Gasteiger partial charge in [0.15, 0.2) is 0 Å². The maximum Gasteiger partial charge on any atom is 0.355 e. The van der Waals surface area contributed by atoms with Crippen LogP contribution in [0, 0.1) is 6.92 Å². The van der Waals surface area contributed by atoms with Crippen LogP contribution in [-0.2, 0) is 4.74 Å². The Labute approximate surface area is 104 Å². The zero-order valence-electron chi connectivity index (χ0n) is 9.98. The number of aryl methyl sites for hydroxylation is 1. The van der Waals surface area contributed by atoms with Crippen LogP contribution >= 0.6 is 11.3 Å². The monoisotopic (exact) mass is 250 g/mol. The molecule has 0 bridgehead atoms. The molecule has 0 aliphatic rings. The highest BCUT2D eigenvalue weighted by Crippen LogP contribution is 2.22. The maximum atomic E-state index is 11.6. The second-order valence-corrected chi connectivity index (χ2v) is 5.07. The van der Waals surface area contributed by atoms with Gasteiger partial charge >= 0.3 is 5.97 Å². The summed E-state index contributed by atoms with van der Waals surface area (Å²) in [7, 11) is 0. The summed E-state index contributed by atoms with van der Waals surface area (Å²) in [6.45, 7) is 5.60. The lowest BCUT2D eigenvalue weighted by molar-refractivity contribution is 0.0371. The molecule has 0 radical (unpaired) electrons. The number of aromatic amines is 1. The van der Waals surface area contributed by atoms with E-state index >= 15 is 0 Å². The first kappa shape index (κ1) is 11.9. The summed E-state index contributed by atoms with van der Waals surface area (Å²) < 4.78 is 5.10. The molecular formula is C12H14N2O2S. The van der Waals surface area contributed by atoms with Crippen LogP contribution in [-0.4, -0.2) is 22.0 Å². The quantitative estimate of drug-likeness (QED) is 0.852. The zero-order valence-corrected chi connectivity index (χ0v) is 10.8. The van der Waals surface area contributed by atoms with E-state index in [-0.39, 0.29) is 12.1 Å². The minimum absolute atomic E-state index is 0.115. The molecular weight excluding hydrogens is 236 g/mol. The fraction of sp³-hybridized carbons (Fsp3) is 0.333. The van der Waals surface area contributed by atoms with Crippen LogP contribution in [0.4, 0.5) is 0 Å². The standard InChI is InChI=1S/C12H14N2O2S/c1-7(2)16-12(15)10-4-9(5-13-10)11-6-17-8(3)14-11/h4-7,13H,1-3H3. The molecule has 2 rings (SSSR count). The molecule has 90 valence electrons. The first-order valence-corrected chi connectivity index (χ1v) is 6.26. The fourth-order valence-electron chi connectivity index (χ4n) is 1.43. The molecule has 17 heavy (non-hydrogen) atoms. The molecule has 1 N–H and O–H groups in total. The highest BCUT2D eigenvalue weighted by Gasteiger charge is 2.13. The van der Waals surface area contributed by atoms with Gasteiger partial charge in [-0.05, 0) is 26.8 Å². The second-order valence-electron chi connectivity index (χ2n) is 4.01. The summed E-state index contributed by atoms with van der Waals surface area (Å²) in [5.74, 6) is -0.335. The summed E-state index contributed by atoms with van der Waals surface area (Å²) in [6.07, 6.45) is 1.65. The predicted molar refractivity (Wildman–Crippen MR) is 67.2 cm³/mol. The first-order chi connectivity index (χ1) is 8.06. The molecule has 2 heterocycles. The number of nitrogens with zero attached hydrogens (tertiary/aromatic N) is 1. The molecule has 0 aromatic carbocycles. The largest absolute Gasteiger partial charge is 0.458 e. The normalized spacial score (nSPS) is 10.8. The van der Waals surface area contributed by atoms with Gasteiger partial charge in [0.2, 0.25) is 0 Å². The topological polar surface area (TPSA) is 55.0 Å². The molecule has 5 heteroatoms. The van der Waals surface area contributed by atoms with Gasteiger partial charge in [0, 0.05) is 17.1 Å². The van der Waals surface area contributed by atoms with Crippen LogP contribution in [0.3, 0.4) is 0 Å². The second kappa shape index (κ2) is 4.71. The minimum atomic E-state index is -0.335. The van der Waals surface area contributed by atoms with E-state index in [1.807, 2.05) is 26.2 Å². The molecule has 0 unspecified atom stereocenters. The predicted octanol–water partition coefficient (Wildman–Crippen LogP) is 3.01. The molecule has 0 amide bonds. The van der Waals surface area contributed by atoms with Gasteiger partial charge in [-0.15, -0.1) is 11.3 Å². The van der Waals surface area contributed by atoms with Crippen LogP contribution in [0.1, 0.15) is 29.3 Å². The number of H-pyrrole nitrogens is 1. The van der Waals surface area contributed by atoms with Gasteiger partial charge in [-0.2, -0.15) is 0 Å². The van der Waals surface area contributed by atoms with E-state index < -0.39 is 0 Å². The molecule has 2 aromatic heterocycles. The first-order valence-electron chi connectivity index (χ1n) is 5.38. The third-order valence-corrected chi connectivity index (χ3v) is 2.93. The van der Waals surface area contributed by atoms with Crippen molar-refractivity contribution >= 4 is 17.3 Å². The van der Waals surface area contributed by atoms with E-state index in [0.717, 1.165) is 16.3 Å². The Balaban J connectivity index is 2.19. The lowest BCUT2D eigenvalue weighted by Crippen LogP contribution is -2.11. The van der Waals surface area contributed by atoms with E-state index in [4.69, 9.17) is 4.74 Å². The van der Waals surface area contributed by atoms with Crippen molar-refractivity contribution in [1.82, 2.24) is 9.97 Å². The van der Waals surface area contributed by atoms with Crippen LogP contribution in [0.25, 0.3) is 11.3 Å². The minimum Gasteiger partial charge on any atom is -0.458 e. The van der Waals surface area contributed by atoms with Gasteiger partial charge in [0.1, 0.15) is 5.69 Å². The maximum absolute atomic E-state index is 11.6. The van der Waals surface area contributed by atoms with Crippen molar-refractivity contribution in [2.75, 3.05) is 0 Å². The molecule has 0 atom stereocenters. The molecule has 0 saturated heterocycles. The van der Waals surface area contributed by atoms with Crippen LogP contribution in [0.15, 0.2) is 17.6 Å². The molecule has 0 fully saturated rings. The average molecular weight is 250 g/mol. The SMILES string of the molecule is Cc1nc(-c2c[nH]c(C(=O)OC(C)C)c2)cs1. The third-order valence-electron chi connectivity index (χ3n) is 2.16. The van der Waals surface area contributed by atoms with E-state index in [1.165, 1.54) is 0 Å². The molecule has 2 aromatic rings. The van der Waals surface area contributed by atoms with Crippen molar-refractivity contribution in [1.29, 1.82) is 0 Å². The Bertz CT molecular complexity index is 528. The number of nitrogens with one attached hydrogen (secondary N) is 1. The smallest absolute Gasteiger partial charge is 0.355 e. The van der Waals surface area contributed by atoms with Gasteiger partial charge < -0.3 is 9.72 Å². The summed E-state index contributed by atoms with van der Waals surface area (Å²) in [6, 6.07) is 1.76. The van der Waals surface area contributed by atoms with Crippen LogP contribution < -0.4 is 0 Å². The molecule has 0 saturated carbocycles. The molecule has 0 spiro atoms. The Morgan fingerprint density at radius 1 is 1.53 bits per heavy atom. The Kier molecular flexibility index (Phi) is 3.28. The molecule has 0 aliphatic heterocycles. The van der Waals surface area contributed by atoms with Crippen molar-refractivity contribution < 1.29 is 9.53 Å². The highest BCUT2D eigenvalue weighted by molar-refractivity contribution is 7.09. The number of carbonyl (C=O) groups is 1. The third kappa shape index (κ3) is 2.74. The summed E-state index contributed by atoms with van der Waals surface area (Å²) in [4.78, 5) is 18.9. The van der Waals surface area contributed by atoms with Gasteiger partial charge in [0.05, 0.1) is 16.8 Å². The number of hydrogen-bond donors (Lipinski definition) is 1. The Morgan fingerprint density at radius 2 is 2.29 bits per heavy atom.